The highest BCUT2D eigenvalue weighted by Gasteiger charge is 2.36. The number of halogens is 1. The van der Waals surface area contributed by atoms with E-state index in [0.717, 1.165) is 29.5 Å². The van der Waals surface area contributed by atoms with E-state index in [1.54, 1.807) is 29.2 Å². The van der Waals surface area contributed by atoms with Gasteiger partial charge in [-0.15, -0.1) is 0 Å². The Balaban J connectivity index is 1.38. The molecule has 0 spiro atoms. The van der Waals surface area contributed by atoms with Crippen molar-refractivity contribution in [3.8, 4) is 5.75 Å². The number of anilines is 1. The van der Waals surface area contributed by atoms with E-state index in [0.29, 0.717) is 48.0 Å². The molecule has 8 heteroatoms. The molecule has 4 rings (SSSR count). The Morgan fingerprint density at radius 1 is 1.24 bits per heavy atom. The van der Waals surface area contributed by atoms with Gasteiger partial charge in [0.25, 0.3) is 5.91 Å². The summed E-state index contributed by atoms with van der Waals surface area (Å²) in [5, 5.41) is 5.94. The molecule has 2 aromatic rings. The topological polar surface area (TPSA) is 87.7 Å². The maximum absolute atomic E-state index is 12.9. The zero-order valence-corrected chi connectivity index (χ0v) is 19.2. The maximum atomic E-state index is 12.9. The second-order valence-electron chi connectivity index (χ2n) is 8.38. The Bertz CT molecular complexity index is 1130. The number of fused-ring (bicyclic) bond motifs is 1. The number of nitrogens with zero attached hydrogens (tertiary/aromatic N) is 1. The lowest BCUT2D eigenvalue weighted by molar-refractivity contribution is -0.122. The van der Waals surface area contributed by atoms with Gasteiger partial charge in [0, 0.05) is 30.8 Å². The largest absolute Gasteiger partial charge is 0.495 e. The van der Waals surface area contributed by atoms with Crippen LogP contribution in [0.15, 0.2) is 48.6 Å². The number of hydrogen-bond donors (Lipinski definition) is 2. The van der Waals surface area contributed by atoms with Gasteiger partial charge in [0.1, 0.15) is 5.75 Å². The number of Topliss-reactive ketones (excluding diaryl/α,β-unsaturated/α-hetero) is 1. The highest BCUT2D eigenvalue weighted by atomic mass is 35.5. The molecule has 1 atom stereocenters. The molecule has 2 aliphatic rings. The Morgan fingerprint density at radius 3 is 2.82 bits per heavy atom. The van der Waals surface area contributed by atoms with E-state index in [1.165, 1.54) is 7.11 Å². The fourth-order valence-electron chi connectivity index (χ4n) is 4.35. The van der Waals surface area contributed by atoms with Gasteiger partial charge in [0.2, 0.25) is 0 Å². The van der Waals surface area contributed by atoms with E-state index in [4.69, 9.17) is 16.3 Å². The van der Waals surface area contributed by atoms with E-state index in [9.17, 15) is 14.4 Å². The molecule has 1 fully saturated rings. The van der Waals surface area contributed by atoms with Crippen LogP contribution in [0.1, 0.15) is 47.2 Å². The molecule has 1 saturated carbocycles. The molecule has 2 aromatic carbocycles. The second-order valence-corrected chi connectivity index (χ2v) is 8.79. The number of hydrogen-bond acceptors (Lipinski definition) is 4. The molecule has 7 nitrogen and oxygen atoms in total. The van der Waals surface area contributed by atoms with Crippen LogP contribution >= 0.6 is 11.6 Å². The fourth-order valence-corrected chi connectivity index (χ4v) is 4.61. The average molecular weight is 468 g/mol. The van der Waals surface area contributed by atoms with Crippen LogP contribution in [0.4, 0.5) is 10.5 Å². The van der Waals surface area contributed by atoms with Gasteiger partial charge in [0.05, 0.1) is 18.2 Å². The molecule has 172 valence electrons. The van der Waals surface area contributed by atoms with E-state index >= 15 is 0 Å². The van der Waals surface area contributed by atoms with Gasteiger partial charge >= 0.3 is 6.03 Å². The molecule has 1 heterocycles. The van der Waals surface area contributed by atoms with E-state index < -0.39 is 6.04 Å². The first-order valence-corrected chi connectivity index (χ1v) is 11.2. The minimum absolute atomic E-state index is 0.0656. The molecule has 0 radical (unpaired) electrons. The van der Waals surface area contributed by atoms with Crippen LogP contribution in [0.25, 0.3) is 0 Å². The lowest BCUT2D eigenvalue weighted by Crippen LogP contribution is -2.40. The summed E-state index contributed by atoms with van der Waals surface area (Å²) >= 11 is 6.09. The summed E-state index contributed by atoms with van der Waals surface area (Å²) in [5.74, 6) is 0.486. The molecular weight excluding hydrogens is 442 g/mol. The number of benzene rings is 2. The molecular formula is C25H26ClN3O4. The molecule has 0 aromatic heterocycles. The van der Waals surface area contributed by atoms with Crippen LogP contribution in [-0.2, 0) is 17.9 Å². The summed E-state index contributed by atoms with van der Waals surface area (Å²) in [4.78, 5) is 39.5. The molecule has 0 bridgehead atoms. The quantitative estimate of drug-likeness (QED) is 0.493. The van der Waals surface area contributed by atoms with Crippen LogP contribution in [0, 0.1) is 0 Å². The summed E-state index contributed by atoms with van der Waals surface area (Å²) in [6, 6.07) is 9.72. The van der Waals surface area contributed by atoms with Crippen molar-refractivity contribution in [2.45, 2.75) is 44.8 Å². The van der Waals surface area contributed by atoms with E-state index in [-0.39, 0.29) is 17.7 Å². The highest BCUT2D eigenvalue weighted by molar-refractivity contribution is 6.32. The minimum atomic E-state index is -0.396. The molecule has 33 heavy (non-hydrogen) atoms. The monoisotopic (exact) mass is 467 g/mol. The zero-order valence-electron chi connectivity index (χ0n) is 18.4. The standard InChI is InChI=1S/C25H26ClN3O4/c1-15-4-3-5-21(22(30)10-15)29-14-17-11-16(6-8-19(17)24(29)31)13-27-25(32)28-18-7-9-23(33-2)20(26)12-18/h6-9,11-12,21H,1,3-5,10,13-14H2,2H3,(H2,27,28,32). The first kappa shape index (κ1) is 22.9. The third-order valence-corrected chi connectivity index (χ3v) is 6.34. The molecule has 1 unspecified atom stereocenters. The van der Waals surface area contributed by atoms with E-state index in [2.05, 4.69) is 17.2 Å². The summed E-state index contributed by atoms with van der Waals surface area (Å²) in [6.45, 7) is 4.65. The maximum Gasteiger partial charge on any atom is 0.319 e. The van der Waals surface area contributed by atoms with Crippen LogP contribution in [0.5, 0.6) is 5.75 Å². The van der Waals surface area contributed by atoms with Crippen molar-refractivity contribution in [2.75, 3.05) is 12.4 Å². The Hall–Kier alpha value is -3.32. The minimum Gasteiger partial charge on any atom is -0.495 e. The van der Waals surface area contributed by atoms with Crippen LogP contribution < -0.4 is 15.4 Å². The van der Waals surface area contributed by atoms with Gasteiger partial charge in [-0.05, 0) is 54.7 Å². The first-order valence-electron chi connectivity index (χ1n) is 10.9. The van der Waals surface area contributed by atoms with Crippen LogP contribution in [-0.4, -0.2) is 35.8 Å². The summed E-state index contributed by atoms with van der Waals surface area (Å²) in [6.07, 6.45) is 2.70. The van der Waals surface area contributed by atoms with Gasteiger partial charge in [-0.3, -0.25) is 9.59 Å². The molecule has 1 aliphatic heterocycles. The zero-order chi connectivity index (χ0) is 23.5. The predicted molar refractivity (Wildman–Crippen MR) is 127 cm³/mol. The van der Waals surface area contributed by atoms with E-state index in [1.807, 2.05) is 12.1 Å². The Kier molecular flexibility index (Phi) is 6.70. The van der Waals surface area contributed by atoms with Crippen molar-refractivity contribution in [3.63, 3.8) is 0 Å². The summed E-state index contributed by atoms with van der Waals surface area (Å²) in [5.41, 5.74) is 3.84. The van der Waals surface area contributed by atoms with Gasteiger partial charge in [-0.1, -0.05) is 35.9 Å². The van der Waals surface area contributed by atoms with Crippen molar-refractivity contribution in [1.82, 2.24) is 10.2 Å². The number of methoxy groups -OCH3 is 1. The SMILES string of the molecule is C=C1CCCC(N2Cc3cc(CNC(=O)Nc4ccc(OC)c(Cl)c4)ccc3C2=O)C(=O)C1. The Morgan fingerprint density at radius 2 is 2.06 bits per heavy atom. The second kappa shape index (κ2) is 9.67. The van der Waals surface area contributed by atoms with Gasteiger partial charge in [-0.25, -0.2) is 4.79 Å². The third-order valence-electron chi connectivity index (χ3n) is 6.04. The smallest absolute Gasteiger partial charge is 0.319 e. The lowest BCUT2D eigenvalue weighted by Gasteiger charge is -2.25. The van der Waals surface area contributed by atoms with Gasteiger partial charge < -0.3 is 20.3 Å². The number of allylic oxidation sites excluding steroid dienone is 1. The normalized spacial score (nSPS) is 18.1. The number of urea groups is 1. The molecule has 3 amide bonds. The molecule has 0 saturated heterocycles. The third kappa shape index (κ3) is 5.03. The first-order chi connectivity index (χ1) is 15.9. The number of ketones is 1. The lowest BCUT2D eigenvalue weighted by atomic mass is 10.1. The number of ether oxygens (including phenoxy) is 1. The number of nitrogens with one attached hydrogen (secondary N) is 2. The molecule has 1 aliphatic carbocycles. The van der Waals surface area contributed by atoms with Crippen molar-refractivity contribution >= 4 is 35.0 Å². The van der Waals surface area contributed by atoms with Crippen molar-refractivity contribution < 1.29 is 19.1 Å². The summed E-state index contributed by atoms with van der Waals surface area (Å²) in [7, 11) is 1.52. The number of amides is 3. The molecule has 2 N–H and O–H groups in total. The fraction of sp³-hybridized carbons (Fsp3) is 0.320. The van der Waals surface area contributed by atoms with Gasteiger partial charge in [-0.2, -0.15) is 0 Å². The number of carbonyl (C=O) groups excluding carboxylic acids is 3. The number of rotatable bonds is 5. The highest BCUT2D eigenvalue weighted by Crippen LogP contribution is 2.31. The van der Waals surface area contributed by atoms with Crippen LogP contribution in [0.3, 0.4) is 0 Å². The van der Waals surface area contributed by atoms with Gasteiger partial charge in [0.15, 0.2) is 5.78 Å². The van der Waals surface area contributed by atoms with Crippen LogP contribution in [0.2, 0.25) is 5.02 Å². The van der Waals surface area contributed by atoms with Crippen molar-refractivity contribution in [1.29, 1.82) is 0 Å². The summed E-state index contributed by atoms with van der Waals surface area (Å²) < 4.78 is 5.11. The van der Waals surface area contributed by atoms with Crippen molar-refractivity contribution in [3.05, 3.63) is 70.3 Å². The number of carbonyl (C=O) groups is 3. The Labute approximate surface area is 197 Å². The predicted octanol–water partition coefficient (Wildman–Crippen LogP) is 4.69. The van der Waals surface area contributed by atoms with Crippen molar-refractivity contribution in [2.24, 2.45) is 0 Å². The average Bonchev–Trinajstić information content (AvgIpc) is 3.00.